The van der Waals surface area contributed by atoms with E-state index in [2.05, 4.69) is 0 Å². The van der Waals surface area contributed by atoms with E-state index in [-0.39, 0.29) is 6.10 Å². The van der Waals surface area contributed by atoms with Crippen LogP contribution in [0.1, 0.15) is 12.8 Å². The number of ether oxygens (including phenoxy) is 1. The molecule has 1 atom stereocenters. The van der Waals surface area contributed by atoms with E-state index in [0.717, 1.165) is 12.8 Å². The van der Waals surface area contributed by atoms with Crippen LogP contribution >= 0.6 is 23.2 Å². The van der Waals surface area contributed by atoms with Gasteiger partial charge >= 0.3 is 0 Å². The van der Waals surface area contributed by atoms with Crippen molar-refractivity contribution < 1.29 is 4.74 Å². The van der Waals surface area contributed by atoms with Gasteiger partial charge < -0.3 is 4.74 Å². The Kier molecular flexibility index (Phi) is 7.06. The number of methoxy groups -OCH3 is 1. The summed E-state index contributed by atoms with van der Waals surface area (Å²) in [7, 11) is 1.67. The lowest BCUT2D eigenvalue weighted by Crippen LogP contribution is -2.11. The number of hydrogen-bond donors (Lipinski definition) is 0. The molecule has 0 spiro atoms. The lowest BCUT2D eigenvalue weighted by atomic mass is 10.2. The second-order valence-electron chi connectivity index (χ2n) is 1.84. The van der Waals surface area contributed by atoms with Crippen LogP contribution in [0.5, 0.6) is 0 Å². The fourth-order valence-electron chi connectivity index (χ4n) is 0.563. The number of halogens is 2. The highest BCUT2D eigenvalue weighted by atomic mass is 35.5. The fraction of sp³-hybridized carbons (Fsp3) is 1.00. The molecule has 0 bridgehead atoms. The summed E-state index contributed by atoms with van der Waals surface area (Å²) in [6, 6.07) is 0. The molecule has 0 aliphatic rings. The van der Waals surface area contributed by atoms with Crippen molar-refractivity contribution in [3.05, 3.63) is 0 Å². The van der Waals surface area contributed by atoms with Crippen molar-refractivity contribution in [2.24, 2.45) is 0 Å². The minimum atomic E-state index is 0.186. The summed E-state index contributed by atoms with van der Waals surface area (Å²) in [5.41, 5.74) is 0. The smallest absolute Gasteiger partial charge is 0.0707 e. The van der Waals surface area contributed by atoms with Crippen LogP contribution in [-0.4, -0.2) is 25.0 Å². The molecule has 0 N–H and O–H groups in total. The lowest BCUT2D eigenvalue weighted by Gasteiger charge is -2.09. The topological polar surface area (TPSA) is 9.23 Å². The van der Waals surface area contributed by atoms with Crippen molar-refractivity contribution in [3.63, 3.8) is 0 Å². The van der Waals surface area contributed by atoms with E-state index in [1.54, 1.807) is 7.11 Å². The van der Waals surface area contributed by atoms with Crippen molar-refractivity contribution in [3.8, 4) is 0 Å². The minimum absolute atomic E-state index is 0.186. The molecule has 0 aromatic rings. The molecule has 0 saturated carbocycles. The first kappa shape index (κ1) is 9.54. The molecule has 1 nitrogen and oxygen atoms in total. The summed E-state index contributed by atoms with van der Waals surface area (Å²) >= 11 is 11.0. The predicted molar refractivity (Wildman–Crippen MR) is 41.5 cm³/mol. The Bertz CT molecular complexity index is 55.0. The van der Waals surface area contributed by atoms with E-state index in [4.69, 9.17) is 27.9 Å². The molecule has 9 heavy (non-hydrogen) atoms. The lowest BCUT2D eigenvalue weighted by molar-refractivity contribution is 0.113. The average molecular weight is 171 g/mol. The molecule has 0 aliphatic heterocycles. The third-order valence-corrected chi connectivity index (χ3v) is 1.78. The van der Waals surface area contributed by atoms with Crippen molar-refractivity contribution in [1.82, 2.24) is 0 Å². The van der Waals surface area contributed by atoms with Crippen LogP contribution in [0.25, 0.3) is 0 Å². The molecule has 0 aliphatic carbocycles. The standard InChI is InChI=1S/C6H12Cl2O/c1-9-6(5-8)3-2-4-7/h6H,2-5H2,1H3. The maximum Gasteiger partial charge on any atom is 0.0707 e. The summed E-state index contributed by atoms with van der Waals surface area (Å²) < 4.78 is 5.01. The first-order valence-electron chi connectivity index (χ1n) is 2.99. The zero-order valence-corrected chi connectivity index (χ0v) is 7.08. The van der Waals surface area contributed by atoms with Gasteiger partial charge in [-0.1, -0.05) is 0 Å². The largest absolute Gasteiger partial charge is 0.380 e. The van der Waals surface area contributed by atoms with Gasteiger partial charge in [-0.05, 0) is 12.8 Å². The third-order valence-electron chi connectivity index (χ3n) is 1.17. The maximum absolute atomic E-state index is 5.54. The molecule has 0 heterocycles. The fourth-order valence-corrected chi connectivity index (χ4v) is 0.997. The zero-order valence-electron chi connectivity index (χ0n) is 5.57. The molecular formula is C6H12Cl2O. The van der Waals surface area contributed by atoms with Gasteiger partial charge in [0.25, 0.3) is 0 Å². The van der Waals surface area contributed by atoms with Crippen molar-refractivity contribution >= 4 is 23.2 Å². The van der Waals surface area contributed by atoms with Gasteiger partial charge in [0, 0.05) is 18.9 Å². The normalized spacial score (nSPS) is 13.7. The van der Waals surface area contributed by atoms with E-state index in [1.165, 1.54) is 0 Å². The molecule has 0 amide bonds. The van der Waals surface area contributed by atoms with Crippen molar-refractivity contribution in [2.45, 2.75) is 18.9 Å². The van der Waals surface area contributed by atoms with Gasteiger partial charge in [-0.2, -0.15) is 0 Å². The van der Waals surface area contributed by atoms with Crippen LogP contribution in [0, 0.1) is 0 Å². The molecular weight excluding hydrogens is 159 g/mol. The van der Waals surface area contributed by atoms with Gasteiger partial charge in [-0.25, -0.2) is 0 Å². The Labute approximate surface area is 66.3 Å². The molecule has 0 aromatic heterocycles. The quantitative estimate of drug-likeness (QED) is 0.576. The van der Waals surface area contributed by atoms with Gasteiger partial charge in [-0.3, -0.25) is 0 Å². The Morgan fingerprint density at radius 1 is 1.44 bits per heavy atom. The van der Waals surface area contributed by atoms with E-state index >= 15 is 0 Å². The highest BCUT2D eigenvalue weighted by Gasteiger charge is 2.02. The molecule has 1 unspecified atom stereocenters. The summed E-state index contributed by atoms with van der Waals surface area (Å²) in [4.78, 5) is 0. The SMILES string of the molecule is COC(CCl)CCCCl. The van der Waals surface area contributed by atoms with E-state index in [9.17, 15) is 0 Å². The zero-order chi connectivity index (χ0) is 7.11. The Balaban J connectivity index is 3.09. The molecule has 0 fully saturated rings. The van der Waals surface area contributed by atoms with Gasteiger partial charge in [0.1, 0.15) is 0 Å². The Morgan fingerprint density at radius 2 is 2.11 bits per heavy atom. The maximum atomic E-state index is 5.54. The van der Waals surface area contributed by atoms with Crippen LogP contribution in [0.3, 0.4) is 0 Å². The van der Waals surface area contributed by atoms with Gasteiger partial charge in [0.05, 0.1) is 6.10 Å². The first-order chi connectivity index (χ1) is 4.35. The molecule has 0 saturated heterocycles. The molecule has 0 rings (SSSR count). The first-order valence-corrected chi connectivity index (χ1v) is 4.06. The van der Waals surface area contributed by atoms with Crippen molar-refractivity contribution in [2.75, 3.05) is 18.9 Å². The van der Waals surface area contributed by atoms with Gasteiger partial charge in [0.15, 0.2) is 0 Å². The van der Waals surface area contributed by atoms with Crippen LogP contribution in [0.2, 0.25) is 0 Å². The van der Waals surface area contributed by atoms with Crippen LogP contribution in [0.15, 0.2) is 0 Å². The number of alkyl halides is 2. The van der Waals surface area contributed by atoms with Crippen molar-refractivity contribution in [1.29, 1.82) is 0 Å². The van der Waals surface area contributed by atoms with E-state index in [0.29, 0.717) is 11.8 Å². The average Bonchev–Trinajstić information content (AvgIpc) is 1.91. The highest BCUT2D eigenvalue weighted by molar-refractivity contribution is 6.18. The highest BCUT2D eigenvalue weighted by Crippen LogP contribution is 2.03. The second-order valence-corrected chi connectivity index (χ2v) is 2.53. The van der Waals surface area contributed by atoms with E-state index in [1.807, 2.05) is 0 Å². The Morgan fingerprint density at radius 3 is 2.44 bits per heavy atom. The van der Waals surface area contributed by atoms with E-state index < -0.39 is 0 Å². The predicted octanol–water partition coefficient (Wildman–Crippen LogP) is 2.26. The molecule has 56 valence electrons. The van der Waals surface area contributed by atoms with Gasteiger partial charge in [-0.15, -0.1) is 23.2 Å². The summed E-state index contributed by atoms with van der Waals surface area (Å²) in [6.07, 6.45) is 2.13. The molecule has 0 radical (unpaired) electrons. The molecule has 3 heteroatoms. The monoisotopic (exact) mass is 170 g/mol. The number of rotatable bonds is 5. The molecule has 0 aromatic carbocycles. The second kappa shape index (κ2) is 6.66. The van der Waals surface area contributed by atoms with Gasteiger partial charge in [0.2, 0.25) is 0 Å². The Hall–Kier alpha value is 0.540. The minimum Gasteiger partial charge on any atom is -0.380 e. The summed E-state index contributed by atoms with van der Waals surface area (Å²) in [5.74, 6) is 1.25. The van der Waals surface area contributed by atoms with Crippen LogP contribution < -0.4 is 0 Å². The van der Waals surface area contributed by atoms with Crippen LogP contribution in [-0.2, 0) is 4.74 Å². The summed E-state index contributed by atoms with van der Waals surface area (Å²) in [6.45, 7) is 0. The third kappa shape index (κ3) is 5.01. The number of hydrogen-bond acceptors (Lipinski definition) is 1. The summed E-state index contributed by atoms with van der Waals surface area (Å²) in [5, 5.41) is 0. The van der Waals surface area contributed by atoms with Crippen LogP contribution in [0.4, 0.5) is 0 Å².